The largest absolute Gasteiger partial charge is 0.478 e. The first-order chi connectivity index (χ1) is 9.45. The maximum atomic E-state index is 12.2. The molecule has 0 saturated carbocycles. The molecular weight excluding hydrogens is 260 g/mol. The molecule has 2 amide bonds. The number of aromatic carboxylic acids is 1. The number of primary amides is 1. The molecule has 0 aliphatic heterocycles. The van der Waals surface area contributed by atoms with Gasteiger partial charge in [-0.05, 0) is 30.7 Å². The normalized spacial score (nSPS) is 10.1. The van der Waals surface area contributed by atoms with E-state index in [0.717, 1.165) is 12.8 Å². The molecule has 1 aromatic carbocycles. The number of nitrogens with zero attached hydrogens (tertiary/aromatic N) is 1. The zero-order valence-electron chi connectivity index (χ0n) is 11.3. The molecule has 0 radical (unpaired) electrons. The molecule has 0 bridgehead atoms. The highest BCUT2D eigenvalue weighted by atomic mass is 16.4. The molecule has 0 fully saturated rings. The van der Waals surface area contributed by atoms with Gasteiger partial charge in [0.05, 0.1) is 12.1 Å². The Morgan fingerprint density at radius 3 is 2.15 bits per heavy atom. The van der Waals surface area contributed by atoms with Gasteiger partial charge in [0.15, 0.2) is 0 Å². The first-order valence-corrected chi connectivity index (χ1v) is 6.36. The van der Waals surface area contributed by atoms with E-state index in [2.05, 4.69) is 0 Å². The molecule has 108 valence electrons. The SMILES string of the molecule is CCCCN(CC(N)=O)C(=O)c1ccc(C(=O)O)cc1. The van der Waals surface area contributed by atoms with Gasteiger partial charge in [0, 0.05) is 12.1 Å². The molecule has 0 aliphatic carbocycles. The predicted molar refractivity (Wildman–Crippen MR) is 73.4 cm³/mol. The minimum Gasteiger partial charge on any atom is -0.478 e. The smallest absolute Gasteiger partial charge is 0.335 e. The van der Waals surface area contributed by atoms with E-state index in [1.807, 2.05) is 6.92 Å². The van der Waals surface area contributed by atoms with Gasteiger partial charge in [0.1, 0.15) is 0 Å². The topological polar surface area (TPSA) is 101 Å². The van der Waals surface area contributed by atoms with Crippen LogP contribution in [0.5, 0.6) is 0 Å². The summed E-state index contributed by atoms with van der Waals surface area (Å²) in [6.07, 6.45) is 1.66. The highest BCUT2D eigenvalue weighted by Crippen LogP contribution is 2.09. The van der Waals surface area contributed by atoms with Crippen LogP contribution in [0.15, 0.2) is 24.3 Å². The second-order valence-corrected chi connectivity index (χ2v) is 4.43. The molecular formula is C14H18N2O4. The Bertz CT molecular complexity index is 496. The summed E-state index contributed by atoms with van der Waals surface area (Å²) in [7, 11) is 0. The average molecular weight is 278 g/mol. The van der Waals surface area contributed by atoms with E-state index in [-0.39, 0.29) is 18.0 Å². The van der Waals surface area contributed by atoms with Crippen LogP contribution < -0.4 is 5.73 Å². The number of benzene rings is 1. The molecule has 20 heavy (non-hydrogen) atoms. The lowest BCUT2D eigenvalue weighted by atomic mass is 10.1. The van der Waals surface area contributed by atoms with Crippen molar-refractivity contribution in [3.05, 3.63) is 35.4 Å². The van der Waals surface area contributed by atoms with E-state index in [4.69, 9.17) is 10.8 Å². The number of rotatable bonds is 7. The fraction of sp³-hybridized carbons (Fsp3) is 0.357. The maximum absolute atomic E-state index is 12.2. The lowest BCUT2D eigenvalue weighted by Crippen LogP contribution is -2.39. The lowest BCUT2D eigenvalue weighted by Gasteiger charge is -2.21. The molecule has 3 N–H and O–H groups in total. The third-order valence-corrected chi connectivity index (χ3v) is 2.79. The fourth-order valence-corrected chi connectivity index (χ4v) is 1.73. The number of nitrogens with two attached hydrogens (primary N) is 1. The Balaban J connectivity index is 2.87. The second-order valence-electron chi connectivity index (χ2n) is 4.43. The van der Waals surface area contributed by atoms with Crippen LogP contribution in [0.2, 0.25) is 0 Å². The Hall–Kier alpha value is -2.37. The summed E-state index contributed by atoms with van der Waals surface area (Å²) in [5.74, 6) is -1.95. The zero-order valence-corrected chi connectivity index (χ0v) is 11.3. The molecule has 0 atom stereocenters. The van der Waals surface area contributed by atoms with Crippen molar-refractivity contribution in [3.8, 4) is 0 Å². The van der Waals surface area contributed by atoms with E-state index in [1.165, 1.54) is 29.2 Å². The Morgan fingerprint density at radius 2 is 1.70 bits per heavy atom. The summed E-state index contributed by atoms with van der Waals surface area (Å²) in [5, 5.41) is 8.80. The first kappa shape index (κ1) is 15.7. The quantitative estimate of drug-likeness (QED) is 0.780. The van der Waals surface area contributed by atoms with Crippen LogP contribution in [0.4, 0.5) is 0 Å². The number of hydrogen-bond acceptors (Lipinski definition) is 3. The first-order valence-electron chi connectivity index (χ1n) is 6.36. The van der Waals surface area contributed by atoms with E-state index < -0.39 is 11.9 Å². The number of carboxylic acids is 1. The lowest BCUT2D eigenvalue weighted by molar-refractivity contribution is -0.118. The average Bonchev–Trinajstić information content (AvgIpc) is 2.42. The van der Waals surface area contributed by atoms with Gasteiger partial charge in [-0.25, -0.2) is 4.79 Å². The molecule has 6 nitrogen and oxygen atoms in total. The van der Waals surface area contributed by atoms with Crippen LogP contribution in [-0.4, -0.2) is 40.9 Å². The molecule has 1 rings (SSSR count). The van der Waals surface area contributed by atoms with Crippen molar-refractivity contribution in [2.45, 2.75) is 19.8 Å². The number of unbranched alkanes of at least 4 members (excludes halogenated alkanes) is 1. The molecule has 0 aromatic heterocycles. The van der Waals surface area contributed by atoms with Gasteiger partial charge in [-0.1, -0.05) is 13.3 Å². The van der Waals surface area contributed by atoms with E-state index >= 15 is 0 Å². The van der Waals surface area contributed by atoms with Gasteiger partial charge in [0.25, 0.3) is 5.91 Å². The van der Waals surface area contributed by atoms with Crippen LogP contribution in [-0.2, 0) is 4.79 Å². The number of amides is 2. The monoisotopic (exact) mass is 278 g/mol. The van der Waals surface area contributed by atoms with Gasteiger partial charge >= 0.3 is 5.97 Å². The summed E-state index contributed by atoms with van der Waals surface area (Å²) in [6.45, 7) is 2.28. The zero-order chi connectivity index (χ0) is 15.1. The molecule has 0 saturated heterocycles. The fourth-order valence-electron chi connectivity index (χ4n) is 1.73. The summed E-state index contributed by atoms with van der Waals surface area (Å²) in [6, 6.07) is 5.59. The minimum atomic E-state index is -1.05. The van der Waals surface area contributed by atoms with Gasteiger partial charge < -0.3 is 15.7 Å². The molecule has 0 heterocycles. The number of hydrogen-bond donors (Lipinski definition) is 2. The Kier molecular flexibility index (Phi) is 5.71. The number of carbonyl (C=O) groups is 3. The summed E-state index contributed by atoms with van der Waals surface area (Å²) in [5.41, 5.74) is 5.58. The Labute approximate surface area is 117 Å². The highest BCUT2D eigenvalue weighted by Gasteiger charge is 2.17. The van der Waals surface area contributed by atoms with Gasteiger partial charge in [-0.3, -0.25) is 9.59 Å². The van der Waals surface area contributed by atoms with E-state index in [0.29, 0.717) is 12.1 Å². The standard InChI is InChI=1S/C14H18N2O4/c1-2-3-8-16(9-12(15)17)13(18)10-4-6-11(7-5-10)14(19)20/h4-7H,2-3,8-9H2,1H3,(H2,15,17)(H,19,20). The minimum absolute atomic E-state index is 0.108. The predicted octanol–water partition coefficient (Wildman–Crippen LogP) is 1.11. The second kappa shape index (κ2) is 7.28. The molecule has 0 spiro atoms. The third-order valence-electron chi connectivity index (χ3n) is 2.79. The van der Waals surface area contributed by atoms with Gasteiger partial charge in [-0.15, -0.1) is 0 Å². The van der Waals surface area contributed by atoms with E-state index in [9.17, 15) is 14.4 Å². The summed E-state index contributed by atoms with van der Waals surface area (Å²) >= 11 is 0. The summed E-state index contributed by atoms with van der Waals surface area (Å²) < 4.78 is 0. The van der Waals surface area contributed by atoms with Crippen molar-refractivity contribution >= 4 is 17.8 Å². The maximum Gasteiger partial charge on any atom is 0.335 e. The molecule has 6 heteroatoms. The third kappa shape index (κ3) is 4.38. The number of carboxylic acid groups (broad SMARTS) is 1. The van der Waals surface area contributed by atoms with E-state index in [1.54, 1.807) is 0 Å². The van der Waals surface area contributed by atoms with Crippen molar-refractivity contribution in [2.24, 2.45) is 5.73 Å². The highest BCUT2D eigenvalue weighted by molar-refractivity contribution is 5.97. The van der Waals surface area contributed by atoms with Crippen LogP contribution in [0, 0.1) is 0 Å². The van der Waals surface area contributed by atoms with Crippen LogP contribution in [0.1, 0.15) is 40.5 Å². The summed E-state index contributed by atoms with van der Waals surface area (Å²) in [4.78, 5) is 35.4. The Morgan fingerprint density at radius 1 is 1.15 bits per heavy atom. The van der Waals surface area contributed by atoms with Crippen molar-refractivity contribution in [1.29, 1.82) is 0 Å². The van der Waals surface area contributed by atoms with Gasteiger partial charge in [-0.2, -0.15) is 0 Å². The van der Waals surface area contributed by atoms with Crippen molar-refractivity contribution in [3.63, 3.8) is 0 Å². The van der Waals surface area contributed by atoms with Crippen molar-refractivity contribution < 1.29 is 19.5 Å². The molecule has 1 aromatic rings. The van der Waals surface area contributed by atoms with Crippen molar-refractivity contribution in [1.82, 2.24) is 4.90 Å². The molecule has 0 unspecified atom stereocenters. The van der Waals surface area contributed by atoms with Crippen LogP contribution in [0.3, 0.4) is 0 Å². The van der Waals surface area contributed by atoms with Crippen LogP contribution in [0.25, 0.3) is 0 Å². The van der Waals surface area contributed by atoms with Gasteiger partial charge in [0.2, 0.25) is 5.91 Å². The van der Waals surface area contributed by atoms with Crippen LogP contribution >= 0.6 is 0 Å². The molecule has 0 aliphatic rings. The number of carbonyl (C=O) groups excluding carboxylic acids is 2. The van der Waals surface area contributed by atoms with Crippen molar-refractivity contribution in [2.75, 3.05) is 13.1 Å².